The van der Waals surface area contributed by atoms with Gasteiger partial charge in [-0.25, -0.2) is 0 Å². The molecule has 0 aliphatic carbocycles. The first kappa shape index (κ1) is 22.9. The van der Waals surface area contributed by atoms with Crippen molar-refractivity contribution in [3.63, 3.8) is 0 Å². The van der Waals surface area contributed by atoms with Crippen LogP contribution in [0.1, 0.15) is 43.7 Å². The highest BCUT2D eigenvalue weighted by Crippen LogP contribution is 2.24. The first-order valence-electron chi connectivity index (χ1n) is 10.3. The van der Waals surface area contributed by atoms with Crippen LogP contribution in [0.2, 0.25) is 0 Å². The number of carbonyl (C=O) groups is 1. The average Bonchev–Trinajstić information content (AvgIpc) is 3.26. The van der Waals surface area contributed by atoms with Crippen molar-refractivity contribution in [1.29, 1.82) is 0 Å². The minimum Gasteiger partial charge on any atom is -0.354 e. The van der Waals surface area contributed by atoms with Crippen molar-refractivity contribution in [1.82, 2.24) is 20.4 Å². The van der Waals surface area contributed by atoms with E-state index in [4.69, 9.17) is 0 Å². The summed E-state index contributed by atoms with van der Waals surface area (Å²) in [4.78, 5) is 21.2. The van der Waals surface area contributed by atoms with Crippen LogP contribution in [0.25, 0.3) is 0 Å². The number of halogens is 1. The topological polar surface area (TPSA) is 60.0 Å². The van der Waals surface area contributed by atoms with Crippen LogP contribution in [0, 0.1) is 0 Å². The minimum absolute atomic E-state index is 0. The summed E-state index contributed by atoms with van der Waals surface area (Å²) in [6.45, 7) is 5.14. The van der Waals surface area contributed by atoms with E-state index in [1.54, 1.807) is 7.05 Å². The van der Waals surface area contributed by atoms with E-state index < -0.39 is 0 Å². The number of rotatable bonds is 6. The number of amides is 1. The van der Waals surface area contributed by atoms with Gasteiger partial charge in [0.05, 0.1) is 12.6 Å². The summed E-state index contributed by atoms with van der Waals surface area (Å²) in [5.41, 5.74) is 1.33. The Morgan fingerprint density at radius 2 is 1.64 bits per heavy atom. The summed E-state index contributed by atoms with van der Waals surface area (Å²) < 4.78 is 0. The number of nitrogens with zero attached hydrogens (tertiary/aromatic N) is 3. The smallest absolute Gasteiger partial charge is 0.241 e. The Balaban J connectivity index is 0.00000280. The molecule has 2 fully saturated rings. The van der Waals surface area contributed by atoms with E-state index in [1.165, 1.54) is 24.8 Å². The summed E-state index contributed by atoms with van der Waals surface area (Å²) in [6, 6.07) is 11.0. The van der Waals surface area contributed by atoms with Crippen LogP contribution in [0.3, 0.4) is 0 Å². The lowest BCUT2D eigenvalue weighted by atomic mass is 10.1. The van der Waals surface area contributed by atoms with Crippen molar-refractivity contribution in [2.24, 2.45) is 4.99 Å². The lowest BCUT2D eigenvalue weighted by molar-refractivity contribution is -0.130. The number of hydrogen-bond donors (Lipinski definition) is 2. The van der Waals surface area contributed by atoms with Crippen LogP contribution >= 0.6 is 24.0 Å². The third-order valence-electron chi connectivity index (χ3n) is 5.57. The Bertz CT molecular complexity index is 612. The van der Waals surface area contributed by atoms with Gasteiger partial charge in [-0.2, -0.15) is 0 Å². The quantitative estimate of drug-likeness (QED) is 0.359. The zero-order valence-electron chi connectivity index (χ0n) is 16.9. The van der Waals surface area contributed by atoms with Crippen LogP contribution in [-0.4, -0.2) is 68.0 Å². The van der Waals surface area contributed by atoms with E-state index in [0.29, 0.717) is 18.5 Å². The van der Waals surface area contributed by atoms with Gasteiger partial charge in [-0.15, -0.1) is 24.0 Å². The summed E-state index contributed by atoms with van der Waals surface area (Å²) >= 11 is 0. The van der Waals surface area contributed by atoms with Gasteiger partial charge in [0.25, 0.3) is 0 Å². The van der Waals surface area contributed by atoms with Gasteiger partial charge in [0.15, 0.2) is 5.96 Å². The van der Waals surface area contributed by atoms with Crippen LogP contribution in [0.15, 0.2) is 35.3 Å². The Hall–Kier alpha value is -1.35. The van der Waals surface area contributed by atoms with Gasteiger partial charge in [-0.05, 0) is 50.8 Å². The van der Waals surface area contributed by atoms with E-state index in [1.807, 2.05) is 4.90 Å². The molecule has 2 N–H and O–H groups in total. The second-order valence-electron chi connectivity index (χ2n) is 7.42. The zero-order chi connectivity index (χ0) is 18.9. The van der Waals surface area contributed by atoms with Crippen molar-refractivity contribution < 1.29 is 4.79 Å². The van der Waals surface area contributed by atoms with Crippen LogP contribution in [-0.2, 0) is 4.79 Å². The third-order valence-corrected chi connectivity index (χ3v) is 5.57. The molecule has 1 unspecified atom stereocenters. The molecule has 1 amide bonds. The predicted molar refractivity (Wildman–Crippen MR) is 125 cm³/mol. The zero-order valence-corrected chi connectivity index (χ0v) is 19.2. The molecule has 1 aromatic carbocycles. The van der Waals surface area contributed by atoms with Crippen LogP contribution < -0.4 is 10.6 Å². The molecule has 0 spiro atoms. The minimum atomic E-state index is 0. The van der Waals surface area contributed by atoms with Gasteiger partial charge in [-0.3, -0.25) is 14.7 Å². The van der Waals surface area contributed by atoms with E-state index in [-0.39, 0.29) is 29.9 Å². The second kappa shape index (κ2) is 12.3. The monoisotopic (exact) mass is 499 g/mol. The van der Waals surface area contributed by atoms with Crippen molar-refractivity contribution in [3.05, 3.63) is 35.9 Å². The number of carbonyl (C=O) groups excluding carboxylic acids is 1. The highest BCUT2D eigenvalue weighted by atomic mass is 127. The molecular formula is C21H34IN5O. The number of aliphatic imine (C=N–C) groups is 1. The molecule has 0 bridgehead atoms. The molecule has 3 rings (SSSR count). The van der Waals surface area contributed by atoms with E-state index >= 15 is 0 Å². The second-order valence-corrected chi connectivity index (χ2v) is 7.42. The third kappa shape index (κ3) is 6.62. The van der Waals surface area contributed by atoms with Crippen LogP contribution in [0.4, 0.5) is 0 Å². The molecular weight excluding hydrogens is 465 g/mol. The SMILES string of the molecule is CN=C(NCC(=O)N1CCCCC1)NCC(c1ccccc1)N1CCCC1.I. The van der Waals surface area contributed by atoms with Gasteiger partial charge in [0.2, 0.25) is 5.91 Å². The Morgan fingerprint density at radius 3 is 2.29 bits per heavy atom. The summed E-state index contributed by atoms with van der Waals surface area (Å²) in [7, 11) is 1.76. The van der Waals surface area contributed by atoms with Crippen molar-refractivity contribution >= 4 is 35.8 Å². The predicted octanol–water partition coefficient (Wildman–Crippen LogP) is 2.62. The fourth-order valence-electron chi connectivity index (χ4n) is 4.01. The maximum Gasteiger partial charge on any atom is 0.241 e. The molecule has 6 nitrogen and oxygen atoms in total. The van der Waals surface area contributed by atoms with Crippen LogP contribution in [0.5, 0.6) is 0 Å². The maximum absolute atomic E-state index is 12.4. The number of benzene rings is 1. The molecule has 28 heavy (non-hydrogen) atoms. The summed E-state index contributed by atoms with van der Waals surface area (Å²) in [5.74, 6) is 0.859. The summed E-state index contributed by atoms with van der Waals surface area (Å²) in [6.07, 6.45) is 6.00. The van der Waals surface area contributed by atoms with Gasteiger partial charge in [0, 0.05) is 26.7 Å². The number of guanidine groups is 1. The number of nitrogens with one attached hydrogen (secondary N) is 2. The molecule has 2 aliphatic rings. The van der Waals surface area contributed by atoms with E-state index in [2.05, 4.69) is 50.9 Å². The highest BCUT2D eigenvalue weighted by Gasteiger charge is 2.23. The van der Waals surface area contributed by atoms with Crippen molar-refractivity contribution in [2.75, 3.05) is 46.3 Å². The molecule has 0 aromatic heterocycles. The van der Waals surface area contributed by atoms with Gasteiger partial charge >= 0.3 is 0 Å². The highest BCUT2D eigenvalue weighted by molar-refractivity contribution is 14.0. The van der Waals surface area contributed by atoms with Gasteiger partial charge in [-0.1, -0.05) is 30.3 Å². The molecule has 2 saturated heterocycles. The lowest BCUT2D eigenvalue weighted by Gasteiger charge is -2.29. The summed E-state index contributed by atoms with van der Waals surface area (Å²) in [5, 5.41) is 6.62. The average molecular weight is 499 g/mol. The molecule has 2 aliphatic heterocycles. The van der Waals surface area contributed by atoms with E-state index in [0.717, 1.165) is 45.6 Å². The van der Waals surface area contributed by atoms with Crippen molar-refractivity contribution in [2.45, 2.75) is 38.1 Å². The molecule has 1 aromatic rings. The number of likely N-dealkylation sites (tertiary alicyclic amines) is 2. The van der Waals surface area contributed by atoms with Gasteiger partial charge in [0.1, 0.15) is 0 Å². The standard InChI is InChI=1S/C21H33N5O.HI/c1-22-21(24-17-20(27)26-14-6-3-7-15-26)23-16-19(25-12-8-9-13-25)18-10-4-2-5-11-18;/h2,4-5,10-11,19H,3,6-9,12-17H2,1H3,(H2,22,23,24);1H. The fourth-order valence-corrected chi connectivity index (χ4v) is 4.01. The number of piperidine rings is 1. The molecule has 2 heterocycles. The lowest BCUT2D eigenvalue weighted by Crippen LogP contribution is -2.47. The Morgan fingerprint density at radius 1 is 1.00 bits per heavy atom. The van der Waals surface area contributed by atoms with E-state index in [9.17, 15) is 4.79 Å². The number of hydrogen-bond acceptors (Lipinski definition) is 3. The molecule has 0 saturated carbocycles. The normalized spacial score (nSPS) is 19.0. The molecule has 1 atom stereocenters. The Labute approximate surface area is 186 Å². The van der Waals surface area contributed by atoms with Crippen molar-refractivity contribution in [3.8, 4) is 0 Å². The fraction of sp³-hybridized carbons (Fsp3) is 0.619. The maximum atomic E-state index is 12.4. The first-order valence-corrected chi connectivity index (χ1v) is 10.3. The Kier molecular flexibility index (Phi) is 10.0. The molecule has 156 valence electrons. The molecule has 0 radical (unpaired) electrons. The largest absolute Gasteiger partial charge is 0.354 e. The molecule has 7 heteroatoms. The first-order chi connectivity index (χ1) is 13.3. The van der Waals surface area contributed by atoms with Gasteiger partial charge < -0.3 is 15.5 Å².